The first-order chi connectivity index (χ1) is 14.4. The van der Waals surface area contributed by atoms with E-state index < -0.39 is 17.9 Å². The number of hydrogen-bond acceptors (Lipinski definition) is 2. The van der Waals surface area contributed by atoms with Crippen molar-refractivity contribution in [1.82, 2.24) is 0 Å². The summed E-state index contributed by atoms with van der Waals surface area (Å²) in [6.07, 6.45) is 14.6. The molecule has 2 N–H and O–H groups in total. The fraction of sp³-hybridized carbons (Fsp3) is 0.714. The van der Waals surface area contributed by atoms with E-state index in [1.807, 2.05) is 6.92 Å². The standard InChI is InChI=1S/C28H43FO2/c1-18(9-10-19(2)27(4,5)29)24-13-14-25-21(8-7-15-28(24,25)6)11-12-22-16-23(30)17-26(31)20(22)3/h9-12,18-19,23-26,30-31H,3,7-8,13-17H2,1-2,4-6H3/b10-9+,21-11?,22-12?/t18-,19+,23-,24-,25?,26+,28-/m1/s1. The van der Waals surface area contributed by atoms with E-state index in [-0.39, 0.29) is 11.3 Å². The molecular formula is C28H43FO2. The molecule has 3 aliphatic carbocycles. The van der Waals surface area contributed by atoms with Gasteiger partial charge in [-0.1, -0.05) is 57.2 Å². The van der Waals surface area contributed by atoms with Gasteiger partial charge < -0.3 is 10.2 Å². The number of halogens is 1. The van der Waals surface area contributed by atoms with Gasteiger partial charge in [-0.3, -0.25) is 0 Å². The second-order valence-electron chi connectivity index (χ2n) is 11.3. The van der Waals surface area contributed by atoms with Gasteiger partial charge in [-0.05, 0) is 86.7 Å². The fourth-order valence-corrected chi connectivity index (χ4v) is 6.31. The molecule has 0 radical (unpaired) electrons. The van der Waals surface area contributed by atoms with Crippen LogP contribution in [0.15, 0.2) is 47.6 Å². The van der Waals surface area contributed by atoms with Gasteiger partial charge in [0.25, 0.3) is 0 Å². The molecule has 3 saturated carbocycles. The van der Waals surface area contributed by atoms with Crippen molar-refractivity contribution in [3.63, 3.8) is 0 Å². The third-order valence-corrected chi connectivity index (χ3v) is 8.72. The van der Waals surface area contributed by atoms with Crippen molar-refractivity contribution in [1.29, 1.82) is 0 Å². The van der Waals surface area contributed by atoms with Crippen LogP contribution in [0, 0.1) is 29.1 Å². The van der Waals surface area contributed by atoms with Crippen molar-refractivity contribution in [2.45, 2.75) is 97.4 Å². The third kappa shape index (κ3) is 5.25. The Morgan fingerprint density at radius 1 is 1.16 bits per heavy atom. The number of hydrogen-bond donors (Lipinski definition) is 2. The van der Waals surface area contributed by atoms with E-state index in [9.17, 15) is 14.6 Å². The molecule has 0 aromatic rings. The van der Waals surface area contributed by atoms with Crippen LogP contribution in [-0.2, 0) is 0 Å². The Kier molecular flexibility index (Phi) is 7.38. The molecule has 0 spiro atoms. The first-order valence-corrected chi connectivity index (χ1v) is 12.3. The number of fused-ring (bicyclic) bond motifs is 1. The van der Waals surface area contributed by atoms with Gasteiger partial charge in [0.15, 0.2) is 0 Å². The van der Waals surface area contributed by atoms with E-state index in [1.165, 1.54) is 31.3 Å². The zero-order chi connectivity index (χ0) is 23.0. The topological polar surface area (TPSA) is 40.5 Å². The number of aliphatic hydroxyl groups excluding tert-OH is 2. The highest BCUT2D eigenvalue weighted by Crippen LogP contribution is 2.59. The molecule has 1 unspecified atom stereocenters. The molecule has 7 atom stereocenters. The number of alkyl halides is 1. The molecule has 0 aromatic carbocycles. The second-order valence-corrected chi connectivity index (χ2v) is 11.3. The van der Waals surface area contributed by atoms with Crippen molar-refractivity contribution >= 4 is 0 Å². The Hall–Kier alpha value is -1.19. The summed E-state index contributed by atoms with van der Waals surface area (Å²) in [4.78, 5) is 0. The molecule has 0 heterocycles. The molecule has 3 heteroatoms. The molecule has 174 valence electrons. The lowest BCUT2D eigenvalue weighted by molar-refractivity contribution is 0.0862. The average molecular weight is 431 g/mol. The molecule has 0 amide bonds. The van der Waals surface area contributed by atoms with Gasteiger partial charge in [0.1, 0.15) is 5.67 Å². The Labute approximate surface area is 189 Å². The molecular weight excluding hydrogens is 387 g/mol. The molecule has 3 aliphatic rings. The molecule has 31 heavy (non-hydrogen) atoms. The van der Waals surface area contributed by atoms with Crippen LogP contribution >= 0.6 is 0 Å². The second kappa shape index (κ2) is 9.35. The molecule has 3 rings (SSSR count). The highest BCUT2D eigenvalue weighted by Gasteiger charge is 2.50. The lowest BCUT2D eigenvalue weighted by Gasteiger charge is -2.44. The van der Waals surface area contributed by atoms with Gasteiger partial charge in [-0.15, -0.1) is 0 Å². The molecule has 0 saturated heterocycles. The minimum atomic E-state index is -1.18. The lowest BCUT2D eigenvalue weighted by Crippen LogP contribution is -2.35. The van der Waals surface area contributed by atoms with Gasteiger partial charge in [0.2, 0.25) is 0 Å². The molecule has 0 aromatic heterocycles. The monoisotopic (exact) mass is 430 g/mol. The Balaban J connectivity index is 1.76. The third-order valence-electron chi connectivity index (χ3n) is 8.72. The van der Waals surface area contributed by atoms with Crippen molar-refractivity contribution in [2.75, 3.05) is 0 Å². The summed E-state index contributed by atoms with van der Waals surface area (Å²) in [5.41, 5.74) is 2.36. The van der Waals surface area contributed by atoms with Crippen molar-refractivity contribution in [3.8, 4) is 0 Å². The fourth-order valence-electron chi connectivity index (χ4n) is 6.31. The van der Waals surface area contributed by atoms with Crippen LogP contribution in [0.3, 0.4) is 0 Å². The molecule has 0 aliphatic heterocycles. The van der Waals surface area contributed by atoms with E-state index in [1.54, 1.807) is 13.8 Å². The zero-order valence-electron chi connectivity index (χ0n) is 20.2. The number of rotatable bonds is 5. The largest absolute Gasteiger partial charge is 0.393 e. The SMILES string of the molecule is C=C1C(=CC=C2CCC[C@@]3(C)C2CC[C@@H]3[C@H](C)/C=C/[C@H](C)C(C)(C)F)C[C@@H](O)C[C@@H]1O. The quantitative estimate of drug-likeness (QED) is 0.476. The van der Waals surface area contributed by atoms with E-state index in [0.29, 0.717) is 30.6 Å². The van der Waals surface area contributed by atoms with E-state index in [4.69, 9.17) is 0 Å². The van der Waals surface area contributed by atoms with Crippen LogP contribution in [-0.4, -0.2) is 28.1 Å². The van der Waals surface area contributed by atoms with Crippen LogP contribution in [0.25, 0.3) is 0 Å². The minimum absolute atomic E-state index is 0.0808. The number of allylic oxidation sites excluding steroid dienone is 5. The van der Waals surface area contributed by atoms with Gasteiger partial charge >= 0.3 is 0 Å². The highest BCUT2D eigenvalue weighted by atomic mass is 19.1. The van der Waals surface area contributed by atoms with Gasteiger partial charge in [0, 0.05) is 12.3 Å². The first-order valence-electron chi connectivity index (χ1n) is 12.3. The first kappa shape index (κ1) is 24.5. The molecule has 2 nitrogen and oxygen atoms in total. The summed E-state index contributed by atoms with van der Waals surface area (Å²) >= 11 is 0. The molecule has 3 fully saturated rings. The average Bonchev–Trinajstić information content (AvgIpc) is 3.04. The van der Waals surface area contributed by atoms with E-state index in [0.717, 1.165) is 17.6 Å². The maximum absolute atomic E-state index is 14.2. The summed E-state index contributed by atoms with van der Waals surface area (Å²) in [7, 11) is 0. The normalized spacial score (nSPS) is 39.3. The smallest absolute Gasteiger partial charge is 0.111 e. The van der Waals surface area contributed by atoms with Gasteiger partial charge in [0.05, 0.1) is 12.2 Å². The van der Waals surface area contributed by atoms with Gasteiger partial charge in [-0.2, -0.15) is 0 Å². The predicted octanol–water partition coefficient (Wildman–Crippen LogP) is 6.70. The van der Waals surface area contributed by atoms with Crippen LogP contribution in [0.2, 0.25) is 0 Å². The maximum atomic E-state index is 14.2. The van der Waals surface area contributed by atoms with Crippen molar-refractivity contribution in [2.24, 2.45) is 29.1 Å². The summed E-state index contributed by atoms with van der Waals surface area (Å²) in [5, 5.41) is 20.2. The van der Waals surface area contributed by atoms with E-state index in [2.05, 4.69) is 44.7 Å². The van der Waals surface area contributed by atoms with Crippen LogP contribution in [0.1, 0.15) is 79.6 Å². The summed E-state index contributed by atoms with van der Waals surface area (Å²) in [6.45, 7) is 14.1. The van der Waals surface area contributed by atoms with Crippen molar-refractivity contribution in [3.05, 3.63) is 47.6 Å². The van der Waals surface area contributed by atoms with Crippen LogP contribution < -0.4 is 0 Å². The minimum Gasteiger partial charge on any atom is -0.393 e. The summed E-state index contributed by atoms with van der Waals surface area (Å²) in [6, 6.07) is 0. The summed E-state index contributed by atoms with van der Waals surface area (Å²) < 4.78 is 14.2. The Bertz CT molecular complexity index is 755. The highest BCUT2D eigenvalue weighted by molar-refractivity contribution is 5.38. The number of aliphatic hydroxyl groups is 2. The molecule has 0 bridgehead atoms. The van der Waals surface area contributed by atoms with Crippen LogP contribution in [0.5, 0.6) is 0 Å². The van der Waals surface area contributed by atoms with Gasteiger partial charge in [-0.25, -0.2) is 4.39 Å². The Morgan fingerprint density at radius 2 is 1.87 bits per heavy atom. The van der Waals surface area contributed by atoms with E-state index >= 15 is 0 Å². The van der Waals surface area contributed by atoms with Crippen molar-refractivity contribution < 1.29 is 14.6 Å². The Morgan fingerprint density at radius 3 is 2.55 bits per heavy atom. The van der Waals surface area contributed by atoms with Crippen LogP contribution in [0.4, 0.5) is 4.39 Å². The lowest BCUT2D eigenvalue weighted by atomic mass is 9.61. The zero-order valence-corrected chi connectivity index (χ0v) is 20.2. The summed E-state index contributed by atoms with van der Waals surface area (Å²) in [5.74, 6) is 1.57. The predicted molar refractivity (Wildman–Crippen MR) is 127 cm³/mol. The maximum Gasteiger partial charge on any atom is 0.111 e.